The number of anilines is 2. The van der Waals surface area contributed by atoms with Crippen LogP contribution in [0.15, 0.2) is 42.5 Å². The van der Waals surface area contributed by atoms with E-state index in [1.165, 1.54) is 24.3 Å². The number of benzene rings is 2. The van der Waals surface area contributed by atoms with Crippen molar-refractivity contribution in [2.75, 3.05) is 17.2 Å². The molecular formula is C15H11ClF4N2O2. The summed E-state index contributed by atoms with van der Waals surface area (Å²) in [4.78, 5) is 11.7. The number of nitrogens with one attached hydrogen (secondary N) is 2. The van der Waals surface area contributed by atoms with Crippen LogP contribution in [0, 0.1) is 5.82 Å². The van der Waals surface area contributed by atoms with Crippen molar-refractivity contribution in [2.45, 2.75) is 6.36 Å². The van der Waals surface area contributed by atoms with Crippen LogP contribution in [0.2, 0.25) is 5.02 Å². The van der Waals surface area contributed by atoms with E-state index in [1.807, 2.05) is 0 Å². The highest BCUT2D eigenvalue weighted by atomic mass is 35.5. The Bertz CT molecular complexity index is 720. The van der Waals surface area contributed by atoms with E-state index in [1.54, 1.807) is 0 Å². The maximum absolute atomic E-state index is 13.2. The Hall–Kier alpha value is -2.48. The van der Waals surface area contributed by atoms with Crippen LogP contribution in [0.5, 0.6) is 5.75 Å². The van der Waals surface area contributed by atoms with Crippen LogP contribution in [-0.2, 0) is 4.79 Å². The van der Waals surface area contributed by atoms with Crippen molar-refractivity contribution >= 4 is 28.9 Å². The zero-order chi connectivity index (χ0) is 17.7. The molecule has 0 aliphatic heterocycles. The summed E-state index contributed by atoms with van der Waals surface area (Å²) in [6.07, 6.45) is -4.78. The van der Waals surface area contributed by atoms with Gasteiger partial charge in [-0.3, -0.25) is 4.79 Å². The van der Waals surface area contributed by atoms with Gasteiger partial charge in [0.25, 0.3) is 0 Å². The monoisotopic (exact) mass is 362 g/mol. The molecule has 2 aromatic carbocycles. The van der Waals surface area contributed by atoms with Crippen LogP contribution < -0.4 is 15.4 Å². The molecule has 0 unspecified atom stereocenters. The van der Waals surface area contributed by atoms with E-state index in [0.29, 0.717) is 11.4 Å². The SMILES string of the molecule is O=C(CNc1ccc(Cl)c(F)c1)Nc1ccc(OC(F)(F)F)cc1. The fourth-order valence-corrected chi connectivity index (χ4v) is 1.85. The maximum Gasteiger partial charge on any atom is 0.573 e. The molecule has 0 atom stereocenters. The number of amides is 1. The van der Waals surface area contributed by atoms with E-state index in [4.69, 9.17) is 11.6 Å². The summed E-state index contributed by atoms with van der Waals surface area (Å²) in [6, 6.07) is 8.66. The van der Waals surface area contributed by atoms with Crippen molar-refractivity contribution in [1.82, 2.24) is 0 Å². The Kier molecular flexibility index (Phi) is 5.50. The van der Waals surface area contributed by atoms with Crippen molar-refractivity contribution < 1.29 is 27.1 Å². The quantitative estimate of drug-likeness (QED) is 0.774. The molecular weight excluding hydrogens is 352 g/mol. The van der Waals surface area contributed by atoms with Crippen LogP contribution >= 0.6 is 11.6 Å². The van der Waals surface area contributed by atoms with Crippen molar-refractivity contribution in [3.8, 4) is 5.75 Å². The van der Waals surface area contributed by atoms with Crippen molar-refractivity contribution in [3.63, 3.8) is 0 Å². The first-order chi connectivity index (χ1) is 11.2. The number of carbonyl (C=O) groups excluding carboxylic acids is 1. The summed E-state index contributed by atoms with van der Waals surface area (Å²) in [5.41, 5.74) is 0.652. The van der Waals surface area contributed by atoms with Gasteiger partial charge in [0.15, 0.2) is 0 Å². The van der Waals surface area contributed by atoms with Crippen molar-refractivity contribution in [3.05, 3.63) is 53.3 Å². The first-order valence-corrected chi connectivity index (χ1v) is 6.95. The molecule has 24 heavy (non-hydrogen) atoms. The lowest BCUT2D eigenvalue weighted by Gasteiger charge is -2.10. The number of hydrogen-bond donors (Lipinski definition) is 2. The third-order valence-electron chi connectivity index (χ3n) is 2.74. The molecule has 0 saturated carbocycles. The van der Waals surface area contributed by atoms with Gasteiger partial charge in [-0.25, -0.2) is 4.39 Å². The Morgan fingerprint density at radius 3 is 2.29 bits per heavy atom. The van der Waals surface area contributed by atoms with Gasteiger partial charge in [0.1, 0.15) is 11.6 Å². The predicted molar refractivity (Wildman–Crippen MR) is 81.7 cm³/mol. The molecule has 2 rings (SSSR count). The summed E-state index contributed by atoms with van der Waals surface area (Å²) in [5.74, 6) is -1.48. The molecule has 4 nitrogen and oxygen atoms in total. The van der Waals surface area contributed by atoms with Gasteiger partial charge in [0.05, 0.1) is 11.6 Å². The lowest BCUT2D eigenvalue weighted by molar-refractivity contribution is -0.274. The topological polar surface area (TPSA) is 50.4 Å². The van der Waals surface area contributed by atoms with Crippen LogP contribution in [0.25, 0.3) is 0 Å². The number of ether oxygens (including phenoxy) is 1. The van der Waals surface area contributed by atoms with Crippen molar-refractivity contribution in [2.24, 2.45) is 0 Å². The zero-order valence-electron chi connectivity index (χ0n) is 12.0. The Balaban J connectivity index is 1.86. The Labute approximate surface area is 139 Å². The smallest absolute Gasteiger partial charge is 0.406 e. The number of alkyl halides is 3. The molecule has 1 amide bonds. The fourth-order valence-electron chi connectivity index (χ4n) is 1.73. The van der Waals surface area contributed by atoms with Gasteiger partial charge in [-0.15, -0.1) is 13.2 Å². The van der Waals surface area contributed by atoms with E-state index in [-0.39, 0.29) is 11.6 Å². The van der Waals surface area contributed by atoms with E-state index < -0.39 is 23.8 Å². The van der Waals surface area contributed by atoms with Gasteiger partial charge in [-0.05, 0) is 42.5 Å². The van der Waals surface area contributed by atoms with Gasteiger partial charge in [0.2, 0.25) is 5.91 Å². The number of halogens is 5. The fraction of sp³-hybridized carbons (Fsp3) is 0.133. The van der Waals surface area contributed by atoms with Gasteiger partial charge < -0.3 is 15.4 Å². The highest BCUT2D eigenvalue weighted by Crippen LogP contribution is 2.24. The van der Waals surface area contributed by atoms with Gasteiger partial charge in [0, 0.05) is 11.4 Å². The van der Waals surface area contributed by atoms with Crippen LogP contribution in [0.3, 0.4) is 0 Å². The number of rotatable bonds is 5. The first kappa shape index (κ1) is 17.9. The minimum Gasteiger partial charge on any atom is -0.406 e. The van der Waals surface area contributed by atoms with Gasteiger partial charge >= 0.3 is 6.36 Å². The van der Waals surface area contributed by atoms with E-state index in [9.17, 15) is 22.4 Å². The minimum atomic E-state index is -4.78. The summed E-state index contributed by atoms with van der Waals surface area (Å²) >= 11 is 5.54. The lowest BCUT2D eigenvalue weighted by Crippen LogP contribution is -2.21. The normalized spacial score (nSPS) is 11.0. The van der Waals surface area contributed by atoms with Crippen LogP contribution in [-0.4, -0.2) is 18.8 Å². The Morgan fingerprint density at radius 1 is 1.08 bits per heavy atom. The predicted octanol–water partition coefficient (Wildman–Crippen LogP) is 4.43. The number of hydrogen-bond acceptors (Lipinski definition) is 3. The molecule has 0 fully saturated rings. The van der Waals surface area contributed by atoms with Crippen LogP contribution in [0.1, 0.15) is 0 Å². The minimum absolute atomic E-state index is 0.0360. The average molecular weight is 363 g/mol. The molecule has 2 aromatic rings. The molecule has 2 N–H and O–H groups in total. The molecule has 9 heteroatoms. The zero-order valence-corrected chi connectivity index (χ0v) is 12.7. The molecule has 0 aromatic heterocycles. The third-order valence-corrected chi connectivity index (χ3v) is 3.05. The number of carbonyl (C=O) groups is 1. The highest BCUT2D eigenvalue weighted by molar-refractivity contribution is 6.30. The standard InChI is InChI=1S/C15H11ClF4N2O2/c16-12-6-3-10(7-13(12)17)21-8-14(23)22-9-1-4-11(5-2-9)24-15(18,19)20/h1-7,21H,8H2,(H,22,23). The van der Waals surface area contributed by atoms with E-state index >= 15 is 0 Å². The second-order valence-electron chi connectivity index (χ2n) is 4.60. The summed E-state index contributed by atoms with van der Waals surface area (Å²) in [7, 11) is 0. The molecule has 0 radical (unpaired) electrons. The largest absolute Gasteiger partial charge is 0.573 e. The molecule has 0 heterocycles. The second kappa shape index (κ2) is 7.39. The molecule has 0 saturated heterocycles. The van der Waals surface area contributed by atoms with Crippen molar-refractivity contribution in [1.29, 1.82) is 0 Å². The van der Waals surface area contributed by atoms with Gasteiger partial charge in [-0.1, -0.05) is 11.6 Å². The summed E-state index contributed by atoms with van der Waals surface area (Å²) in [6.45, 7) is -0.165. The van der Waals surface area contributed by atoms with E-state index in [2.05, 4.69) is 15.4 Å². The molecule has 0 bridgehead atoms. The second-order valence-corrected chi connectivity index (χ2v) is 5.01. The van der Waals surface area contributed by atoms with Crippen LogP contribution in [0.4, 0.5) is 28.9 Å². The summed E-state index contributed by atoms with van der Waals surface area (Å²) < 4.78 is 53.1. The third kappa shape index (κ3) is 5.62. The lowest BCUT2D eigenvalue weighted by atomic mass is 10.3. The first-order valence-electron chi connectivity index (χ1n) is 6.57. The average Bonchev–Trinajstić information content (AvgIpc) is 2.49. The van der Waals surface area contributed by atoms with E-state index in [0.717, 1.165) is 18.2 Å². The molecule has 0 aliphatic rings. The molecule has 128 valence electrons. The molecule has 0 aliphatic carbocycles. The van der Waals surface area contributed by atoms with Gasteiger partial charge in [-0.2, -0.15) is 0 Å². The maximum atomic E-state index is 13.2. The molecule has 0 spiro atoms. The summed E-state index contributed by atoms with van der Waals surface area (Å²) in [5, 5.41) is 5.13. The Morgan fingerprint density at radius 2 is 1.71 bits per heavy atom. The highest BCUT2D eigenvalue weighted by Gasteiger charge is 2.30.